The summed E-state index contributed by atoms with van der Waals surface area (Å²) in [4.78, 5) is 24.2. The first-order valence-electron chi connectivity index (χ1n) is 5.84. The summed E-state index contributed by atoms with van der Waals surface area (Å²) < 4.78 is 4.74. The average molecular weight is 227 g/mol. The molecule has 0 radical (unpaired) electrons. The number of ether oxygens (including phenoxy) is 1. The van der Waals surface area contributed by atoms with Crippen molar-refractivity contribution in [2.75, 3.05) is 20.7 Å². The molecule has 1 saturated carbocycles. The van der Waals surface area contributed by atoms with Crippen molar-refractivity contribution < 1.29 is 14.3 Å². The number of nitrogens with zero attached hydrogens (tertiary/aromatic N) is 1. The van der Waals surface area contributed by atoms with Gasteiger partial charge in [-0.25, -0.2) is 0 Å². The van der Waals surface area contributed by atoms with E-state index in [1.54, 1.807) is 11.8 Å². The zero-order valence-electron chi connectivity index (χ0n) is 10.4. The van der Waals surface area contributed by atoms with Gasteiger partial charge in [0.25, 0.3) is 0 Å². The quantitative estimate of drug-likeness (QED) is 0.685. The van der Waals surface area contributed by atoms with E-state index < -0.39 is 0 Å². The first-order chi connectivity index (χ1) is 7.54. The number of hydrogen-bond donors (Lipinski definition) is 0. The lowest BCUT2D eigenvalue weighted by molar-refractivity contribution is -0.147. The minimum absolute atomic E-state index is 0.0730. The fourth-order valence-electron chi connectivity index (χ4n) is 2.26. The molecule has 1 amide bonds. The van der Waals surface area contributed by atoms with Gasteiger partial charge in [0, 0.05) is 20.5 Å². The molecule has 0 aromatic rings. The molecule has 4 nitrogen and oxygen atoms in total. The predicted molar refractivity (Wildman–Crippen MR) is 60.8 cm³/mol. The summed E-state index contributed by atoms with van der Waals surface area (Å²) in [7, 11) is 3.27. The summed E-state index contributed by atoms with van der Waals surface area (Å²) in [6.07, 6.45) is 3.81. The molecule has 16 heavy (non-hydrogen) atoms. The SMILES string of the molecule is COC(=O)[C@H]1CC[C@H](CN(C)C(C)=O)CC1. The molecule has 4 heteroatoms. The molecule has 1 rings (SSSR count). The molecule has 0 saturated heterocycles. The number of methoxy groups -OCH3 is 1. The Morgan fingerprint density at radius 3 is 2.25 bits per heavy atom. The van der Waals surface area contributed by atoms with Crippen molar-refractivity contribution in [3.05, 3.63) is 0 Å². The number of esters is 1. The summed E-state index contributed by atoms with van der Waals surface area (Å²) in [5, 5.41) is 0. The number of hydrogen-bond acceptors (Lipinski definition) is 3. The van der Waals surface area contributed by atoms with Gasteiger partial charge in [-0.05, 0) is 31.6 Å². The highest BCUT2D eigenvalue weighted by Gasteiger charge is 2.27. The fourth-order valence-corrected chi connectivity index (χ4v) is 2.26. The van der Waals surface area contributed by atoms with Crippen LogP contribution in [0.4, 0.5) is 0 Å². The lowest BCUT2D eigenvalue weighted by atomic mass is 9.82. The lowest BCUT2D eigenvalue weighted by Gasteiger charge is -2.29. The van der Waals surface area contributed by atoms with Crippen molar-refractivity contribution >= 4 is 11.9 Å². The van der Waals surface area contributed by atoms with Gasteiger partial charge in [-0.3, -0.25) is 9.59 Å². The van der Waals surface area contributed by atoms with Crippen LogP contribution in [0.2, 0.25) is 0 Å². The van der Waals surface area contributed by atoms with Crippen LogP contribution in [0.15, 0.2) is 0 Å². The number of carbonyl (C=O) groups is 2. The zero-order valence-corrected chi connectivity index (χ0v) is 10.4. The Labute approximate surface area is 96.9 Å². The smallest absolute Gasteiger partial charge is 0.308 e. The molecule has 0 N–H and O–H groups in total. The molecule has 0 aromatic carbocycles. The van der Waals surface area contributed by atoms with E-state index in [-0.39, 0.29) is 17.8 Å². The maximum absolute atomic E-state index is 11.3. The third-order valence-corrected chi connectivity index (χ3v) is 3.45. The molecule has 0 unspecified atom stereocenters. The minimum Gasteiger partial charge on any atom is -0.469 e. The van der Waals surface area contributed by atoms with Crippen molar-refractivity contribution in [1.82, 2.24) is 4.90 Å². The van der Waals surface area contributed by atoms with Crippen molar-refractivity contribution in [3.8, 4) is 0 Å². The molecule has 0 atom stereocenters. The molecule has 1 fully saturated rings. The van der Waals surface area contributed by atoms with Crippen molar-refractivity contribution in [1.29, 1.82) is 0 Å². The molecule has 1 aliphatic rings. The Kier molecular flexibility index (Phi) is 4.77. The van der Waals surface area contributed by atoms with E-state index in [4.69, 9.17) is 4.74 Å². The Morgan fingerprint density at radius 1 is 1.25 bits per heavy atom. The second-order valence-corrected chi connectivity index (χ2v) is 4.64. The molecule has 92 valence electrons. The van der Waals surface area contributed by atoms with E-state index in [9.17, 15) is 9.59 Å². The largest absolute Gasteiger partial charge is 0.469 e. The first kappa shape index (κ1) is 13.0. The molecule has 0 aromatic heterocycles. The third kappa shape index (κ3) is 3.51. The van der Waals surface area contributed by atoms with Crippen LogP contribution in [-0.4, -0.2) is 37.5 Å². The van der Waals surface area contributed by atoms with Gasteiger partial charge in [-0.2, -0.15) is 0 Å². The van der Waals surface area contributed by atoms with Crippen LogP contribution in [0, 0.1) is 11.8 Å². The van der Waals surface area contributed by atoms with E-state index in [1.807, 2.05) is 7.05 Å². The Morgan fingerprint density at radius 2 is 1.81 bits per heavy atom. The molecule has 0 heterocycles. The number of rotatable bonds is 3. The van der Waals surface area contributed by atoms with Crippen molar-refractivity contribution in [2.24, 2.45) is 11.8 Å². The zero-order chi connectivity index (χ0) is 12.1. The predicted octanol–water partition coefficient (Wildman–Crippen LogP) is 1.44. The van der Waals surface area contributed by atoms with Crippen LogP contribution in [-0.2, 0) is 14.3 Å². The molecule has 0 spiro atoms. The maximum Gasteiger partial charge on any atom is 0.308 e. The second kappa shape index (κ2) is 5.87. The van der Waals surface area contributed by atoms with Crippen LogP contribution < -0.4 is 0 Å². The number of carbonyl (C=O) groups excluding carboxylic acids is 2. The average Bonchev–Trinajstić information content (AvgIpc) is 2.28. The highest BCUT2D eigenvalue weighted by atomic mass is 16.5. The minimum atomic E-state index is -0.0848. The van der Waals surface area contributed by atoms with Crippen molar-refractivity contribution in [3.63, 3.8) is 0 Å². The Bertz CT molecular complexity index is 257. The molecule has 1 aliphatic carbocycles. The van der Waals surface area contributed by atoms with Crippen LogP contribution in [0.1, 0.15) is 32.6 Å². The summed E-state index contributed by atoms with van der Waals surface area (Å²) >= 11 is 0. The van der Waals surface area contributed by atoms with E-state index in [0.717, 1.165) is 32.2 Å². The molecule has 0 bridgehead atoms. The van der Waals surface area contributed by atoms with Crippen LogP contribution >= 0.6 is 0 Å². The molecular weight excluding hydrogens is 206 g/mol. The standard InChI is InChI=1S/C12H21NO3/c1-9(14)13(2)8-10-4-6-11(7-5-10)12(15)16-3/h10-11H,4-8H2,1-3H3/t10-,11-. The normalized spacial score (nSPS) is 24.9. The van der Waals surface area contributed by atoms with Gasteiger partial charge in [0.1, 0.15) is 0 Å². The Balaban J connectivity index is 2.32. The van der Waals surface area contributed by atoms with Gasteiger partial charge in [0.15, 0.2) is 0 Å². The number of amides is 1. The van der Waals surface area contributed by atoms with E-state index in [2.05, 4.69) is 0 Å². The first-order valence-corrected chi connectivity index (χ1v) is 5.84. The van der Waals surface area contributed by atoms with Gasteiger partial charge < -0.3 is 9.64 Å². The molecule has 0 aliphatic heterocycles. The fraction of sp³-hybridized carbons (Fsp3) is 0.833. The second-order valence-electron chi connectivity index (χ2n) is 4.64. The van der Waals surface area contributed by atoms with Gasteiger partial charge in [0.05, 0.1) is 13.0 Å². The summed E-state index contributed by atoms with van der Waals surface area (Å²) in [5.41, 5.74) is 0. The van der Waals surface area contributed by atoms with E-state index >= 15 is 0 Å². The summed E-state index contributed by atoms with van der Waals surface area (Å²) in [5.74, 6) is 0.632. The van der Waals surface area contributed by atoms with Gasteiger partial charge in [-0.1, -0.05) is 0 Å². The summed E-state index contributed by atoms with van der Waals surface area (Å²) in [6, 6.07) is 0. The highest BCUT2D eigenvalue weighted by Crippen LogP contribution is 2.29. The van der Waals surface area contributed by atoms with Crippen LogP contribution in [0.5, 0.6) is 0 Å². The third-order valence-electron chi connectivity index (χ3n) is 3.45. The van der Waals surface area contributed by atoms with Gasteiger partial charge in [0.2, 0.25) is 5.91 Å². The summed E-state index contributed by atoms with van der Waals surface area (Å²) in [6.45, 7) is 2.39. The van der Waals surface area contributed by atoms with Crippen LogP contribution in [0.25, 0.3) is 0 Å². The molecular formula is C12H21NO3. The Hall–Kier alpha value is -1.06. The lowest BCUT2D eigenvalue weighted by Crippen LogP contribution is -2.33. The van der Waals surface area contributed by atoms with E-state index in [0.29, 0.717) is 5.92 Å². The highest BCUT2D eigenvalue weighted by molar-refractivity contribution is 5.73. The van der Waals surface area contributed by atoms with Crippen molar-refractivity contribution in [2.45, 2.75) is 32.6 Å². The van der Waals surface area contributed by atoms with E-state index in [1.165, 1.54) is 7.11 Å². The monoisotopic (exact) mass is 227 g/mol. The van der Waals surface area contributed by atoms with Crippen LogP contribution in [0.3, 0.4) is 0 Å². The maximum atomic E-state index is 11.3. The van der Waals surface area contributed by atoms with Gasteiger partial charge >= 0.3 is 5.97 Å². The van der Waals surface area contributed by atoms with Gasteiger partial charge in [-0.15, -0.1) is 0 Å². The topological polar surface area (TPSA) is 46.6 Å².